The van der Waals surface area contributed by atoms with Crippen LogP contribution in [0.3, 0.4) is 0 Å². The van der Waals surface area contributed by atoms with Crippen LogP contribution >= 0.6 is 22.9 Å². The van der Waals surface area contributed by atoms with Gasteiger partial charge in [0.05, 0.1) is 14.8 Å². The van der Waals surface area contributed by atoms with Gasteiger partial charge in [0.2, 0.25) is 10.0 Å². The van der Waals surface area contributed by atoms with E-state index in [-0.39, 0.29) is 47.7 Å². The molecular formula is C23H24ClN3O5S2. The highest BCUT2D eigenvalue weighted by atomic mass is 35.5. The summed E-state index contributed by atoms with van der Waals surface area (Å²) in [5, 5.41) is 11.9. The number of nitro benzene ring substituents is 1. The predicted molar refractivity (Wildman–Crippen MR) is 133 cm³/mol. The van der Waals surface area contributed by atoms with Crippen LogP contribution in [-0.4, -0.2) is 54.6 Å². The highest BCUT2D eigenvalue weighted by Crippen LogP contribution is 2.38. The van der Waals surface area contributed by atoms with Gasteiger partial charge >= 0.3 is 0 Å². The van der Waals surface area contributed by atoms with E-state index in [1.54, 1.807) is 23.1 Å². The van der Waals surface area contributed by atoms with Crippen LogP contribution in [0.5, 0.6) is 0 Å². The number of sulfonamides is 1. The van der Waals surface area contributed by atoms with Crippen LogP contribution in [0, 0.1) is 16.0 Å². The van der Waals surface area contributed by atoms with Gasteiger partial charge in [0.25, 0.3) is 11.6 Å². The number of thiophene rings is 1. The summed E-state index contributed by atoms with van der Waals surface area (Å²) < 4.78 is 28.1. The molecule has 1 aromatic heterocycles. The number of benzene rings is 2. The molecule has 0 N–H and O–H groups in total. The first-order chi connectivity index (χ1) is 16.1. The molecule has 34 heavy (non-hydrogen) atoms. The minimum Gasteiger partial charge on any atom is -0.335 e. The summed E-state index contributed by atoms with van der Waals surface area (Å²) in [7, 11) is -3.65. The van der Waals surface area contributed by atoms with Crippen molar-refractivity contribution < 1.29 is 18.1 Å². The van der Waals surface area contributed by atoms with Crippen LogP contribution in [0.1, 0.15) is 29.1 Å². The quantitative estimate of drug-likeness (QED) is 0.342. The van der Waals surface area contributed by atoms with Gasteiger partial charge in [-0.05, 0) is 36.1 Å². The number of hydrogen-bond donors (Lipinski definition) is 0. The zero-order valence-corrected chi connectivity index (χ0v) is 21.1. The maximum Gasteiger partial charge on any atom is 0.270 e. The summed E-state index contributed by atoms with van der Waals surface area (Å²) in [6.45, 7) is 5.04. The molecule has 8 nitrogen and oxygen atoms in total. The van der Waals surface area contributed by atoms with Gasteiger partial charge in [-0.2, -0.15) is 4.31 Å². The maximum absolute atomic E-state index is 13.1. The smallest absolute Gasteiger partial charge is 0.270 e. The molecule has 2 aromatic carbocycles. The molecule has 0 spiro atoms. The van der Waals surface area contributed by atoms with Crippen molar-refractivity contribution in [1.29, 1.82) is 0 Å². The molecule has 0 unspecified atom stereocenters. The first-order valence-electron chi connectivity index (χ1n) is 10.8. The van der Waals surface area contributed by atoms with Crippen LogP contribution in [0.25, 0.3) is 10.1 Å². The minimum atomic E-state index is -3.65. The number of piperazine rings is 1. The Morgan fingerprint density at radius 3 is 2.35 bits per heavy atom. The lowest BCUT2D eigenvalue weighted by molar-refractivity contribution is -0.384. The predicted octanol–water partition coefficient (Wildman–Crippen LogP) is 4.81. The van der Waals surface area contributed by atoms with Gasteiger partial charge in [-0.15, -0.1) is 11.3 Å². The second-order valence-electron chi connectivity index (χ2n) is 8.62. The van der Waals surface area contributed by atoms with Crippen molar-refractivity contribution in [3.8, 4) is 0 Å². The van der Waals surface area contributed by atoms with E-state index in [0.29, 0.717) is 20.9 Å². The van der Waals surface area contributed by atoms with Crippen molar-refractivity contribution in [2.75, 3.05) is 26.2 Å². The number of amides is 1. The minimum absolute atomic E-state index is 0.0690. The van der Waals surface area contributed by atoms with E-state index in [1.807, 2.05) is 12.1 Å². The molecule has 1 aliphatic heterocycles. The van der Waals surface area contributed by atoms with Gasteiger partial charge in [-0.1, -0.05) is 37.6 Å². The number of non-ortho nitro benzene ring substituents is 1. The number of halogens is 1. The molecule has 1 fully saturated rings. The molecule has 3 aromatic rings. The third-order valence-electron chi connectivity index (χ3n) is 5.75. The van der Waals surface area contributed by atoms with E-state index in [2.05, 4.69) is 13.8 Å². The number of nitrogens with zero attached hydrogens (tertiary/aromatic N) is 3. The number of carbonyl (C=O) groups excluding carboxylic acids is 1. The Kier molecular flexibility index (Phi) is 6.95. The fourth-order valence-corrected chi connectivity index (χ4v) is 6.93. The summed E-state index contributed by atoms with van der Waals surface area (Å²) in [5.74, 6) is 0.182. The Morgan fingerprint density at radius 2 is 1.76 bits per heavy atom. The number of carbonyl (C=O) groups is 1. The van der Waals surface area contributed by atoms with Gasteiger partial charge in [0.15, 0.2) is 0 Å². The Hall–Kier alpha value is -2.53. The largest absolute Gasteiger partial charge is 0.335 e. The highest BCUT2D eigenvalue weighted by molar-refractivity contribution is 7.89. The van der Waals surface area contributed by atoms with Crippen molar-refractivity contribution >= 4 is 54.6 Å². The van der Waals surface area contributed by atoms with E-state index in [1.165, 1.54) is 16.4 Å². The molecule has 4 rings (SSSR count). The first kappa shape index (κ1) is 24.6. The SMILES string of the molecule is CC(C)Cc1ccc(S(=O)(=O)N2CCN(C(=O)c3sc4cc([N+](=O)[O-])ccc4c3Cl)CC2)cc1. The molecule has 1 aliphatic rings. The van der Waals surface area contributed by atoms with E-state index in [4.69, 9.17) is 11.6 Å². The van der Waals surface area contributed by atoms with Gasteiger partial charge in [-0.3, -0.25) is 14.9 Å². The van der Waals surface area contributed by atoms with Crippen molar-refractivity contribution in [1.82, 2.24) is 9.21 Å². The molecule has 0 bridgehead atoms. The summed E-state index contributed by atoms with van der Waals surface area (Å²) in [6.07, 6.45) is 0.884. The highest BCUT2D eigenvalue weighted by Gasteiger charge is 2.32. The maximum atomic E-state index is 13.1. The van der Waals surface area contributed by atoms with Crippen LogP contribution in [0.4, 0.5) is 5.69 Å². The zero-order chi connectivity index (χ0) is 24.6. The Balaban J connectivity index is 1.46. The lowest BCUT2D eigenvalue weighted by Crippen LogP contribution is -2.50. The van der Waals surface area contributed by atoms with Crippen molar-refractivity contribution in [2.24, 2.45) is 5.92 Å². The monoisotopic (exact) mass is 521 g/mol. The van der Waals surface area contributed by atoms with E-state index in [0.717, 1.165) is 23.3 Å². The molecular weight excluding hydrogens is 498 g/mol. The molecule has 1 saturated heterocycles. The van der Waals surface area contributed by atoms with Crippen molar-refractivity contribution in [2.45, 2.75) is 25.2 Å². The van der Waals surface area contributed by atoms with Gasteiger partial charge in [0, 0.05) is 48.4 Å². The average Bonchev–Trinajstić information content (AvgIpc) is 3.14. The second-order valence-corrected chi connectivity index (χ2v) is 12.0. The van der Waals surface area contributed by atoms with E-state index >= 15 is 0 Å². The lowest BCUT2D eigenvalue weighted by atomic mass is 10.0. The number of nitro groups is 1. The number of rotatable bonds is 6. The third-order valence-corrected chi connectivity index (χ3v) is 9.31. The standard InChI is InChI=1S/C23H24ClN3O5S2/c1-15(2)13-16-3-6-18(7-4-16)34(31,32)26-11-9-25(10-12-26)23(28)22-21(24)19-8-5-17(27(29)30)14-20(19)33-22/h3-8,14-15H,9-13H2,1-2H3. The topological polar surface area (TPSA) is 101 Å². The summed E-state index contributed by atoms with van der Waals surface area (Å²) in [5.41, 5.74) is 1.02. The molecule has 11 heteroatoms. The van der Waals surface area contributed by atoms with Crippen LogP contribution < -0.4 is 0 Å². The number of fused-ring (bicyclic) bond motifs is 1. The van der Waals surface area contributed by atoms with E-state index in [9.17, 15) is 23.3 Å². The second kappa shape index (κ2) is 9.61. The molecule has 0 radical (unpaired) electrons. The molecule has 180 valence electrons. The Bertz CT molecular complexity index is 1340. The van der Waals surface area contributed by atoms with Crippen LogP contribution in [-0.2, 0) is 16.4 Å². The van der Waals surface area contributed by atoms with Crippen LogP contribution in [0.2, 0.25) is 5.02 Å². The van der Waals surface area contributed by atoms with Crippen molar-refractivity contribution in [3.63, 3.8) is 0 Å². The summed E-state index contributed by atoms with van der Waals surface area (Å²) in [6, 6.07) is 11.3. The summed E-state index contributed by atoms with van der Waals surface area (Å²) >= 11 is 7.52. The fraction of sp³-hybridized carbons (Fsp3) is 0.348. The lowest BCUT2D eigenvalue weighted by Gasteiger charge is -2.33. The average molecular weight is 522 g/mol. The number of hydrogen-bond acceptors (Lipinski definition) is 6. The molecule has 0 saturated carbocycles. The van der Waals surface area contributed by atoms with E-state index < -0.39 is 14.9 Å². The van der Waals surface area contributed by atoms with Gasteiger partial charge in [-0.25, -0.2) is 8.42 Å². The summed E-state index contributed by atoms with van der Waals surface area (Å²) in [4.78, 5) is 25.8. The normalized spacial score (nSPS) is 15.2. The third kappa shape index (κ3) is 4.81. The first-order valence-corrected chi connectivity index (χ1v) is 13.5. The molecule has 1 amide bonds. The zero-order valence-electron chi connectivity index (χ0n) is 18.7. The Morgan fingerprint density at radius 1 is 1.12 bits per heavy atom. The molecule has 2 heterocycles. The van der Waals surface area contributed by atoms with Crippen LogP contribution in [0.15, 0.2) is 47.4 Å². The van der Waals surface area contributed by atoms with Crippen molar-refractivity contribution in [3.05, 3.63) is 68.0 Å². The van der Waals surface area contributed by atoms with Gasteiger partial charge < -0.3 is 4.90 Å². The Labute approximate surface area is 206 Å². The molecule has 0 aliphatic carbocycles. The molecule has 0 atom stereocenters. The van der Waals surface area contributed by atoms with Gasteiger partial charge in [0.1, 0.15) is 4.88 Å². The fourth-order valence-electron chi connectivity index (χ4n) is 4.00.